The summed E-state index contributed by atoms with van der Waals surface area (Å²) < 4.78 is 0. The van der Waals surface area contributed by atoms with Crippen molar-refractivity contribution in [2.24, 2.45) is 0 Å². The van der Waals surface area contributed by atoms with Gasteiger partial charge in [0.2, 0.25) is 0 Å². The molecule has 0 aromatic rings. The van der Waals surface area contributed by atoms with Gasteiger partial charge in [-0.05, 0) is 39.5 Å². The average Bonchev–Trinajstić information content (AvgIpc) is 2.11. The predicted molar refractivity (Wildman–Crippen MR) is 55.2 cm³/mol. The van der Waals surface area contributed by atoms with E-state index in [1.165, 1.54) is 5.06 Å². The van der Waals surface area contributed by atoms with E-state index in [0.29, 0.717) is 12.8 Å². The molecule has 0 amide bonds. The maximum Gasteiger partial charge on any atom is 0.0577 e. The Morgan fingerprint density at radius 2 is 1.79 bits per heavy atom. The topological polar surface area (TPSA) is 43.4 Å². The Hall–Kier alpha value is -0.120. The molecule has 3 nitrogen and oxygen atoms in total. The standard InChI is InChI=1S/C11H22NO2/c1-5-11(6-2)8-9(13)7-10(3,4)12(11)14/h9,13H,5-8H2,1-4H3. The first-order valence-corrected chi connectivity index (χ1v) is 5.53. The lowest BCUT2D eigenvalue weighted by molar-refractivity contribution is -0.309. The minimum atomic E-state index is -0.427. The minimum absolute atomic E-state index is 0.324. The van der Waals surface area contributed by atoms with Crippen molar-refractivity contribution in [2.45, 2.75) is 70.6 Å². The molecule has 0 aromatic carbocycles. The first kappa shape index (κ1) is 12.0. The molecule has 1 N–H and O–H groups in total. The Kier molecular flexibility index (Phi) is 3.24. The van der Waals surface area contributed by atoms with Crippen LogP contribution in [0.2, 0.25) is 0 Å². The molecule has 1 rings (SSSR count). The zero-order chi connectivity index (χ0) is 11.0. The second-order valence-corrected chi connectivity index (χ2v) is 5.10. The number of hydroxylamine groups is 2. The van der Waals surface area contributed by atoms with Crippen molar-refractivity contribution < 1.29 is 10.3 Å². The first-order chi connectivity index (χ1) is 6.38. The number of hydrogen-bond acceptors (Lipinski definition) is 2. The highest BCUT2D eigenvalue weighted by atomic mass is 16.5. The fourth-order valence-corrected chi connectivity index (χ4v) is 2.72. The predicted octanol–water partition coefficient (Wildman–Crippen LogP) is 2.13. The molecule has 0 bridgehead atoms. The summed E-state index contributed by atoms with van der Waals surface area (Å²) in [6.07, 6.45) is 2.50. The van der Waals surface area contributed by atoms with Crippen molar-refractivity contribution in [2.75, 3.05) is 0 Å². The third-order valence-electron chi connectivity index (χ3n) is 3.65. The highest BCUT2D eigenvalue weighted by Crippen LogP contribution is 2.41. The van der Waals surface area contributed by atoms with Crippen LogP contribution in [0.5, 0.6) is 0 Å². The van der Waals surface area contributed by atoms with Crippen LogP contribution in [0.25, 0.3) is 0 Å². The Labute approximate surface area is 86.7 Å². The Morgan fingerprint density at radius 1 is 1.29 bits per heavy atom. The van der Waals surface area contributed by atoms with Crippen LogP contribution in [0.3, 0.4) is 0 Å². The van der Waals surface area contributed by atoms with E-state index in [4.69, 9.17) is 0 Å². The van der Waals surface area contributed by atoms with Crippen LogP contribution in [-0.2, 0) is 5.21 Å². The van der Waals surface area contributed by atoms with E-state index < -0.39 is 5.54 Å². The van der Waals surface area contributed by atoms with Crippen molar-refractivity contribution >= 4 is 0 Å². The van der Waals surface area contributed by atoms with E-state index >= 15 is 0 Å². The highest BCUT2D eigenvalue weighted by molar-refractivity contribution is 4.99. The van der Waals surface area contributed by atoms with Gasteiger partial charge in [0, 0.05) is 5.54 Å². The fraction of sp³-hybridized carbons (Fsp3) is 1.00. The summed E-state index contributed by atoms with van der Waals surface area (Å²) in [5, 5.41) is 23.2. The molecule has 83 valence electrons. The van der Waals surface area contributed by atoms with Crippen molar-refractivity contribution in [1.29, 1.82) is 0 Å². The van der Waals surface area contributed by atoms with Crippen molar-refractivity contribution in [3.05, 3.63) is 0 Å². The Morgan fingerprint density at radius 3 is 2.21 bits per heavy atom. The monoisotopic (exact) mass is 200 g/mol. The van der Waals surface area contributed by atoms with Gasteiger partial charge in [-0.15, -0.1) is 10.3 Å². The largest absolute Gasteiger partial charge is 0.393 e. The third-order valence-corrected chi connectivity index (χ3v) is 3.65. The lowest BCUT2D eigenvalue weighted by Crippen LogP contribution is -2.61. The van der Waals surface area contributed by atoms with Crippen LogP contribution in [0, 0.1) is 0 Å². The molecule has 1 aliphatic heterocycles. The zero-order valence-electron chi connectivity index (χ0n) is 9.71. The van der Waals surface area contributed by atoms with Crippen molar-refractivity contribution in [1.82, 2.24) is 5.06 Å². The molecule has 1 radical (unpaired) electrons. The third kappa shape index (κ3) is 1.81. The first-order valence-electron chi connectivity index (χ1n) is 5.53. The average molecular weight is 200 g/mol. The smallest absolute Gasteiger partial charge is 0.0577 e. The van der Waals surface area contributed by atoms with Crippen LogP contribution in [0.15, 0.2) is 0 Å². The Bertz CT molecular complexity index is 199. The summed E-state index contributed by atoms with van der Waals surface area (Å²) >= 11 is 0. The SMILES string of the molecule is CCC1(CC)CC(O)CC(C)(C)N1[O]. The molecule has 0 saturated carbocycles. The molecule has 3 heteroatoms. The van der Waals surface area contributed by atoms with E-state index in [2.05, 4.69) is 0 Å². The van der Waals surface area contributed by atoms with Gasteiger partial charge in [-0.1, -0.05) is 13.8 Å². The molecule has 0 spiro atoms. The fourth-order valence-electron chi connectivity index (χ4n) is 2.72. The molecule has 0 aliphatic carbocycles. The van der Waals surface area contributed by atoms with Gasteiger partial charge in [0.1, 0.15) is 0 Å². The van der Waals surface area contributed by atoms with Gasteiger partial charge in [-0.3, -0.25) is 0 Å². The molecule has 1 atom stereocenters. The molecule has 1 fully saturated rings. The summed E-state index contributed by atoms with van der Waals surface area (Å²) in [5.74, 6) is 0. The van der Waals surface area contributed by atoms with E-state index in [0.717, 1.165) is 12.8 Å². The maximum atomic E-state index is 12.2. The van der Waals surface area contributed by atoms with Crippen molar-refractivity contribution in [3.8, 4) is 0 Å². The summed E-state index contributed by atoms with van der Waals surface area (Å²) in [4.78, 5) is 0. The van der Waals surface area contributed by atoms with E-state index in [1.807, 2.05) is 27.7 Å². The summed E-state index contributed by atoms with van der Waals surface area (Å²) in [6.45, 7) is 7.90. The number of hydrogen-bond donors (Lipinski definition) is 1. The van der Waals surface area contributed by atoms with E-state index in [1.54, 1.807) is 0 Å². The molecular weight excluding hydrogens is 178 g/mol. The van der Waals surface area contributed by atoms with Gasteiger partial charge in [-0.2, -0.15) is 0 Å². The van der Waals surface area contributed by atoms with Crippen LogP contribution in [0.1, 0.15) is 53.4 Å². The molecule has 1 heterocycles. The number of aliphatic hydroxyl groups is 1. The lowest BCUT2D eigenvalue weighted by Gasteiger charge is -2.51. The normalized spacial score (nSPS) is 31.7. The Balaban J connectivity index is 2.94. The molecular formula is C11H22NO2. The molecule has 0 aromatic heterocycles. The molecule has 1 unspecified atom stereocenters. The number of nitrogens with zero attached hydrogens (tertiary/aromatic N) is 1. The second kappa shape index (κ2) is 3.80. The minimum Gasteiger partial charge on any atom is -0.393 e. The molecule has 1 aliphatic rings. The van der Waals surface area contributed by atoms with Gasteiger partial charge in [0.05, 0.1) is 11.6 Å². The van der Waals surface area contributed by atoms with Gasteiger partial charge >= 0.3 is 0 Å². The summed E-state index contributed by atoms with van der Waals surface area (Å²) in [7, 11) is 0. The van der Waals surface area contributed by atoms with E-state index in [9.17, 15) is 10.3 Å². The molecule has 14 heavy (non-hydrogen) atoms. The number of rotatable bonds is 2. The zero-order valence-corrected chi connectivity index (χ0v) is 9.71. The summed E-state index contributed by atoms with van der Waals surface area (Å²) in [5.41, 5.74) is -0.773. The van der Waals surface area contributed by atoms with Crippen molar-refractivity contribution in [3.63, 3.8) is 0 Å². The highest BCUT2D eigenvalue weighted by Gasteiger charge is 2.48. The summed E-state index contributed by atoms with van der Waals surface area (Å²) in [6, 6.07) is 0. The van der Waals surface area contributed by atoms with E-state index in [-0.39, 0.29) is 11.6 Å². The molecule has 1 saturated heterocycles. The maximum absolute atomic E-state index is 12.2. The second-order valence-electron chi connectivity index (χ2n) is 5.10. The van der Waals surface area contributed by atoms with Crippen LogP contribution in [-0.4, -0.2) is 27.4 Å². The van der Waals surface area contributed by atoms with Gasteiger partial charge in [-0.25, -0.2) is 0 Å². The number of aliphatic hydroxyl groups excluding tert-OH is 1. The van der Waals surface area contributed by atoms with Gasteiger partial charge in [0.25, 0.3) is 0 Å². The van der Waals surface area contributed by atoms with Crippen LogP contribution >= 0.6 is 0 Å². The number of piperidine rings is 1. The van der Waals surface area contributed by atoms with Gasteiger partial charge < -0.3 is 5.11 Å². The lowest BCUT2D eigenvalue weighted by atomic mass is 9.75. The van der Waals surface area contributed by atoms with Crippen LogP contribution in [0.4, 0.5) is 0 Å². The van der Waals surface area contributed by atoms with Crippen LogP contribution < -0.4 is 0 Å². The quantitative estimate of drug-likeness (QED) is 0.742. The van der Waals surface area contributed by atoms with Gasteiger partial charge in [0.15, 0.2) is 0 Å².